The fourth-order valence-corrected chi connectivity index (χ4v) is 1.71. The van der Waals surface area contributed by atoms with Gasteiger partial charge in [0.15, 0.2) is 0 Å². The minimum atomic E-state index is -0.743. The van der Waals surface area contributed by atoms with Gasteiger partial charge in [-0.1, -0.05) is 27.7 Å². The smallest absolute Gasteiger partial charge is 0.240 e. The van der Waals surface area contributed by atoms with Crippen LogP contribution >= 0.6 is 0 Å². The van der Waals surface area contributed by atoms with Crippen molar-refractivity contribution >= 4 is 5.91 Å². The van der Waals surface area contributed by atoms with Crippen LogP contribution in [0.5, 0.6) is 0 Å². The summed E-state index contributed by atoms with van der Waals surface area (Å²) in [4.78, 5) is 12.0. The second kappa shape index (κ2) is 6.97. The summed E-state index contributed by atoms with van der Waals surface area (Å²) in [7, 11) is 0. The van der Waals surface area contributed by atoms with Crippen LogP contribution in [0.25, 0.3) is 0 Å². The summed E-state index contributed by atoms with van der Waals surface area (Å²) in [5.41, 5.74) is 5.28. The van der Waals surface area contributed by atoms with Gasteiger partial charge in [0, 0.05) is 13.2 Å². The summed E-state index contributed by atoms with van der Waals surface area (Å²) < 4.78 is 0. The highest BCUT2D eigenvalue weighted by Gasteiger charge is 2.30. The monoisotopic (exact) mass is 244 g/mol. The maximum atomic E-state index is 12.0. The van der Waals surface area contributed by atoms with Gasteiger partial charge in [0.1, 0.15) is 0 Å². The number of nitrogens with two attached hydrogens (primary N) is 1. The standard InChI is InChI=1S/C13H28N2O2/c1-5-13(14,6-2)11(17)15-10-12(3,4)8-7-9-16/h16H,5-10,14H2,1-4H3,(H,15,17). The van der Waals surface area contributed by atoms with Crippen molar-refractivity contribution < 1.29 is 9.90 Å². The number of hydrogen-bond donors (Lipinski definition) is 3. The van der Waals surface area contributed by atoms with Crippen LogP contribution in [-0.4, -0.2) is 29.7 Å². The molecule has 0 heterocycles. The van der Waals surface area contributed by atoms with Crippen molar-refractivity contribution in [1.29, 1.82) is 0 Å². The van der Waals surface area contributed by atoms with Gasteiger partial charge in [0.05, 0.1) is 5.54 Å². The first-order valence-corrected chi connectivity index (χ1v) is 6.49. The third kappa shape index (κ3) is 5.50. The lowest BCUT2D eigenvalue weighted by atomic mass is 9.87. The van der Waals surface area contributed by atoms with Gasteiger partial charge < -0.3 is 16.2 Å². The average Bonchev–Trinajstić information content (AvgIpc) is 2.32. The highest BCUT2D eigenvalue weighted by molar-refractivity contribution is 5.85. The minimum Gasteiger partial charge on any atom is -0.396 e. The van der Waals surface area contributed by atoms with Gasteiger partial charge >= 0.3 is 0 Å². The quantitative estimate of drug-likeness (QED) is 0.604. The van der Waals surface area contributed by atoms with Crippen LogP contribution in [0.3, 0.4) is 0 Å². The summed E-state index contributed by atoms with van der Waals surface area (Å²) in [6.45, 7) is 8.82. The lowest BCUT2D eigenvalue weighted by Crippen LogP contribution is -2.54. The number of carbonyl (C=O) groups excluding carboxylic acids is 1. The Morgan fingerprint density at radius 3 is 2.24 bits per heavy atom. The Balaban J connectivity index is 4.23. The van der Waals surface area contributed by atoms with Gasteiger partial charge in [0.25, 0.3) is 0 Å². The van der Waals surface area contributed by atoms with E-state index in [0.29, 0.717) is 19.4 Å². The van der Waals surface area contributed by atoms with E-state index in [2.05, 4.69) is 19.2 Å². The van der Waals surface area contributed by atoms with E-state index in [1.165, 1.54) is 0 Å². The van der Waals surface area contributed by atoms with Gasteiger partial charge in [-0.25, -0.2) is 0 Å². The normalized spacial score (nSPS) is 12.6. The van der Waals surface area contributed by atoms with Crippen molar-refractivity contribution in [3.8, 4) is 0 Å². The molecule has 0 aliphatic rings. The lowest BCUT2D eigenvalue weighted by molar-refractivity contribution is -0.127. The van der Waals surface area contributed by atoms with E-state index in [1.807, 2.05) is 13.8 Å². The van der Waals surface area contributed by atoms with E-state index in [-0.39, 0.29) is 17.9 Å². The second-order valence-electron chi connectivity index (χ2n) is 5.54. The fourth-order valence-electron chi connectivity index (χ4n) is 1.71. The molecule has 0 aromatic carbocycles. The first-order valence-electron chi connectivity index (χ1n) is 6.49. The summed E-state index contributed by atoms with van der Waals surface area (Å²) in [6.07, 6.45) is 2.94. The third-order valence-electron chi connectivity index (χ3n) is 3.45. The summed E-state index contributed by atoms with van der Waals surface area (Å²) in [6, 6.07) is 0. The van der Waals surface area contributed by atoms with E-state index in [9.17, 15) is 4.79 Å². The molecule has 0 aliphatic carbocycles. The van der Waals surface area contributed by atoms with E-state index in [4.69, 9.17) is 10.8 Å². The second-order valence-corrected chi connectivity index (χ2v) is 5.54. The number of aliphatic hydroxyl groups is 1. The van der Waals surface area contributed by atoms with E-state index in [0.717, 1.165) is 12.8 Å². The van der Waals surface area contributed by atoms with Gasteiger partial charge in [0.2, 0.25) is 5.91 Å². The first-order chi connectivity index (χ1) is 7.81. The minimum absolute atomic E-state index is 0.000777. The number of amides is 1. The third-order valence-corrected chi connectivity index (χ3v) is 3.45. The molecule has 0 aromatic heterocycles. The maximum Gasteiger partial charge on any atom is 0.240 e. The Morgan fingerprint density at radius 2 is 1.82 bits per heavy atom. The molecule has 4 N–H and O–H groups in total. The molecule has 0 unspecified atom stereocenters. The summed E-state index contributed by atoms with van der Waals surface area (Å²) in [5, 5.41) is 11.7. The van der Waals surface area contributed by atoms with Crippen LogP contribution in [0, 0.1) is 5.41 Å². The molecule has 0 bridgehead atoms. The number of aliphatic hydroxyl groups excluding tert-OH is 1. The van der Waals surface area contributed by atoms with Crippen LogP contribution in [0.4, 0.5) is 0 Å². The Kier molecular flexibility index (Phi) is 6.72. The topological polar surface area (TPSA) is 75.4 Å². The Hall–Kier alpha value is -0.610. The van der Waals surface area contributed by atoms with Crippen molar-refractivity contribution in [3.63, 3.8) is 0 Å². The van der Waals surface area contributed by atoms with Gasteiger partial charge in [-0.2, -0.15) is 0 Å². The van der Waals surface area contributed by atoms with Crippen LogP contribution in [-0.2, 0) is 4.79 Å². The van der Waals surface area contributed by atoms with Crippen LogP contribution < -0.4 is 11.1 Å². The highest BCUT2D eigenvalue weighted by Crippen LogP contribution is 2.21. The van der Waals surface area contributed by atoms with E-state index < -0.39 is 5.54 Å². The molecule has 0 spiro atoms. The Morgan fingerprint density at radius 1 is 1.29 bits per heavy atom. The number of rotatable bonds is 8. The molecule has 17 heavy (non-hydrogen) atoms. The SMILES string of the molecule is CCC(N)(CC)C(=O)NCC(C)(C)CCCO. The molecule has 0 aliphatic heterocycles. The molecule has 4 nitrogen and oxygen atoms in total. The van der Waals surface area contributed by atoms with Gasteiger partial charge in [-0.3, -0.25) is 4.79 Å². The zero-order chi connectivity index (χ0) is 13.5. The molecule has 102 valence electrons. The molecule has 0 rings (SSSR count). The molecular formula is C13H28N2O2. The van der Waals surface area contributed by atoms with Crippen molar-refractivity contribution in [2.24, 2.45) is 11.1 Å². The number of nitrogens with one attached hydrogen (secondary N) is 1. The predicted molar refractivity (Wildman–Crippen MR) is 70.6 cm³/mol. The van der Waals surface area contributed by atoms with Crippen molar-refractivity contribution in [3.05, 3.63) is 0 Å². The zero-order valence-electron chi connectivity index (χ0n) is 11.7. The molecule has 0 atom stereocenters. The maximum absolute atomic E-state index is 12.0. The van der Waals surface area contributed by atoms with Crippen LogP contribution in [0.1, 0.15) is 53.4 Å². The average molecular weight is 244 g/mol. The zero-order valence-corrected chi connectivity index (χ0v) is 11.7. The molecule has 0 fully saturated rings. The Bertz CT molecular complexity index is 236. The van der Waals surface area contributed by atoms with Crippen molar-refractivity contribution in [1.82, 2.24) is 5.32 Å². The first kappa shape index (κ1) is 16.4. The molecule has 4 heteroatoms. The highest BCUT2D eigenvalue weighted by atomic mass is 16.2. The van der Waals surface area contributed by atoms with Crippen molar-refractivity contribution in [2.75, 3.05) is 13.2 Å². The molecule has 0 aromatic rings. The molecular weight excluding hydrogens is 216 g/mol. The molecule has 0 saturated heterocycles. The van der Waals surface area contributed by atoms with E-state index >= 15 is 0 Å². The molecule has 0 saturated carbocycles. The molecule has 1 amide bonds. The van der Waals surface area contributed by atoms with Crippen molar-refractivity contribution in [2.45, 2.75) is 58.9 Å². The molecule has 0 radical (unpaired) electrons. The fraction of sp³-hybridized carbons (Fsp3) is 0.923. The number of hydrogen-bond acceptors (Lipinski definition) is 3. The predicted octanol–water partition coefficient (Wildman–Crippen LogP) is 1.42. The lowest BCUT2D eigenvalue weighted by Gasteiger charge is -2.29. The van der Waals surface area contributed by atoms with Crippen LogP contribution in [0.15, 0.2) is 0 Å². The van der Waals surface area contributed by atoms with Gasteiger partial charge in [-0.05, 0) is 31.1 Å². The number of carbonyl (C=O) groups is 1. The van der Waals surface area contributed by atoms with Crippen LogP contribution in [0.2, 0.25) is 0 Å². The summed E-state index contributed by atoms with van der Waals surface area (Å²) >= 11 is 0. The van der Waals surface area contributed by atoms with Gasteiger partial charge in [-0.15, -0.1) is 0 Å². The largest absolute Gasteiger partial charge is 0.396 e. The van der Waals surface area contributed by atoms with E-state index in [1.54, 1.807) is 0 Å². The summed E-state index contributed by atoms with van der Waals surface area (Å²) in [5.74, 6) is -0.0698. The Labute approximate surface area is 105 Å².